The van der Waals surface area contributed by atoms with Gasteiger partial charge >= 0.3 is 0 Å². The highest BCUT2D eigenvalue weighted by atomic mass is 16.2. The molecule has 0 N–H and O–H groups in total. The fourth-order valence-corrected chi connectivity index (χ4v) is 4.96. The van der Waals surface area contributed by atoms with Gasteiger partial charge in [0.25, 0.3) is 0 Å². The van der Waals surface area contributed by atoms with Crippen LogP contribution in [0.15, 0.2) is 89.2 Å². The Hall–Kier alpha value is -3.46. The molecule has 0 spiro atoms. The molecule has 1 aliphatic heterocycles. The van der Waals surface area contributed by atoms with Crippen molar-refractivity contribution < 1.29 is 9.59 Å². The average molecular weight is 377 g/mol. The minimum Gasteiger partial charge on any atom is -0.366 e. The Bertz CT molecular complexity index is 1200. The molecule has 3 heteroatoms. The van der Waals surface area contributed by atoms with Crippen LogP contribution in [0.5, 0.6) is 0 Å². The van der Waals surface area contributed by atoms with Crippen molar-refractivity contribution in [2.24, 2.45) is 0 Å². The maximum Gasteiger partial charge on any atom is 0.197 e. The lowest BCUT2D eigenvalue weighted by Gasteiger charge is -2.22. The van der Waals surface area contributed by atoms with Crippen molar-refractivity contribution in [1.82, 2.24) is 4.90 Å². The van der Waals surface area contributed by atoms with Crippen molar-refractivity contribution in [3.63, 3.8) is 0 Å². The number of ketones is 2. The zero-order valence-corrected chi connectivity index (χ0v) is 15.9. The fraction of sp³-hybridized carbons (Fsp3) is 0.154. The third kappa shape index (κ3) is 2.44. The molecule has 0 unspecified atom stereocenters. The predicted molar refractivity (Wildman–Crippen MR) is 113 cm³/mol. The molecule has 0 saturated carbocycles. The summed E-state index contributed by atoms with van der Waals surface area (Å²) in [6.45, 7) is 1.91. The van der Waals surface area contributed by atoms with Crippen molar-refractivity contribution in [3.8, 4) is 0 Å². The van der Waals surface area contributed by atoms with Crippen molar-refractivity contribution in [2.75, 3.05) is 13.1 Å². The molecule has 140 valence electrons. The molecule has 4 aliphatic rings. The zero-order valence-electron chi connectivity index (χ0n) is 15.9. The van der Waals surface area contributed by atoms with Gasteiger partial charge in [-0.05, 0) is 46.4 Å². The van der Waals surface area contributed by atoms with Gasteiger partial charge in [0.2, 0.25) is 0 Å². The molecule has 0 fully saturated rings. The number of rotatable bonds is 2. The van der Waals surface area contributed by atoms with Gasteiger partial charge in [-0.2, -0.15) is 0 Å². The minimum absolute atomic E-state index is 0.154. The molecule has 6 rings (SSSR count). The summed E-state index contributed by atoms with van der Waals surface area (Å²) in [6, 6.07) is 15.8. The van der Waals surface area contributed by atoms with Gasteiger partial charge in [-0.15, -0.1) is 0 Å². The van der Waals surface area contributed by atoms with Crippen molar-refractivity contribution in [1.29, 1.82) is 0 Å². The maximum atomic E-state index is 12.6. The van der Waals surface area contributed by atoms with E-state index in [4.69, 9.17) is 0 Å². The van der Waals surface area contributed by atoms with Crippen LogP contribution >= 0.6 is 0 Å². The summed E-state index contributed by atoms with van der Waals surface area (Å²) in [5.74, 6) is -0.309. The lowest BCUT2D eigenvalue weighted by molar-refractivity contribution is 0.0988. The van der Waals surface area contributed by atoms with Gasteiger partial charge in [-0.3, -0.25) is 9.59 Å². The minimum atomic E-state index is -0.154. The topological polar surface area (TPSA) is 37.4 Å². The summed E-state index contributed by atoms with van der Waals surface area (Å²) in [5.41, 5.74) is 9.47. The van der Waals surface area contributed by atoms with Crippen LogP contribution < -0.4 is 0 Å². The molecule has 29 heavy (non-hydrogen) atoms. The van der Waals surface area contributed by atoms with E-state index < -0.39 is 0 Å². The van der Waals surface area contributed by atoms with E-state index in [9.17, 15) is 9.59 Å². The number of carbonyl (C=O) groups is 2. The molecule has 0 saturated heterocycles. The van der Waals surface area contributed by atoms with E-state index in [0.717, 1.165) is 31.5 Å². The first-order chi connectivity index (χ1) is 14.2. The molecule has 2 aromatic carbocycles. The summed E-state index contributed by atoms with van der Waals surface area (Å²) in [4.78, 5) is 27.7. The third-order valence-corrected chi connectivity index (χ3v) is 6.42. The van der Waals surface area contributed by atoms with Gasteiger partial charge in [0.15, 0.2) is 11.6 Å². The zero-order chi connectivity index (χ0) is 19.5. The van der Waals surface area contributed by atoms with Crippen LogP contribution in [0, 0.1) is 0 Å². The fourth-order valence-electron chi connectivity index (χ4n) is 4.96. The Morgan fingerprint density at radius 2 is 1.45 bits per heavy atom. The van der Waals surface area contributed by atoms with Crippen LogP contribution in [-0.2, 0) is 6.42 Å². The van der Waals surface area contributed by atoms with Crippen molar-refractivity contribution in [3.05, 3.63) is 111 Å². The van der Waals surface area contributed by atoms with E-state index in [-0.39, 0.29) is 11.6 Å². The predicted octanol–water partition coefficient (Wildman–Crippen LogP) is 4.53. The second-order valence-corrected chi connectivity index (χ2v) is 8.11. The van der Waals surface area contributed by atoms with Gasteiger partial charge in [0.1, 0.15) is 0 Å². The van der Waals surface area contributed by atoms with E-state index in [0.29, 0.717) is 16.7 Å². The van der Waals surface area contributed by atoms with Gasteiger partial charge in [-0.1, -0.05) is 54.6 Å². The van der Waals surface area contributed by atoms with Crippen molar-refractivity contribution in [2.45, 2.75) is 12.8 Å². The second-order valence-electron chi connectivity index (χ2n) is 8.11. The highest BCUT2D eigenvalue weighted by molar-refractivity contribution is 6.39. The summed E-state index contributed by atoms with van der Waals surface area (Å²) in [6.07, 6.45) is 7.80. The smallest absolute Gasteiger partial charge is 0.197 e. The quantitative estimate of drug-likeness (QED) is 0.570. The number of hydrogen-bond donors (Lipinski definition) is 0. The number of fused-ring (bicyclic) bond motifs is 3. The van der Waals surface area contributed by atoms with E-state index in [1.54, 1.807) is 30.3 Å². The standard InChI is InChI=1S/C26H19NO2/c28-25-21-7-3-4-8-22(21)26(29)23(25)12-16-9-10-19(11-16)27-14-18-13-17-5-1-2-6-20(17)24(18)15-27/h1-10,12H,11,13-15H2. The number of benzene rings is 2. The summed E-state index contributed by atoms with van der Waals surface area (Å²) in [5, 5.41) is 0. The Labute approximate surface area is 169 Å². The number of nitrogens with zero attached hydrogens (tertiary/aromatic N) is 1. The lowest BCUT2D eigenvalue weighted by Crippen LogP contribution is -2.21. The SMILES string of the molecule is O=C1C(=CC2=CC=C(N3CC4=C(C3)c3ccccc3C4)C2)C(=O)c2ccccc21. The van der Waals surface area contributed by atoms with Crippen LogP contribution in [0.1, 0.15) is 38.3 Å². The van der Waals surface area contributed by atoms with Gasteiger partial charge in [0, 0.05) is 36.3 Å². The van der Waals surface area contributed by atoms with Crippen LogP contribution in [0.25, 0.3) is 5.57 Å². The van der Waals surface area contributed by atoms with Gasteiger partial charge in [0.05, 0.1) is 5.57 Å². The van der Waals surface area contributed by atoms with E-state index in [1.807, 2.05) is 6.08 Å². The number of hydrogen-bond acceptors (Lipinski definition) is 3. The number of allylic oxidation sites excluding steroid dienone is 5. The monoisotopic (exact) mass is 377 g/mol. The molecule has 0 bridgehead atoms. The molecular formula is C26H19NO2. The molecule has 2 aromatic rings. The van der Waals surface area contributed by atoms with E-state index >= 15 is 0 Å². The van der Waals surface area contributed by atoms with Crippen LogP contribution in [0.2, 0.25) is 0 Å². The highest BCUT2D eigenvalue weighted by Gasteiger charge is 2.34. The third-order valence-electron chi connectivity index (χ3n) is 6.42. The van der Waals surface area contributed by atoms with E-state index in [1.165, 1.54) is 28.0 Å². The molecule has 0 atom stereocenters. The summed E-state index contributed by atoms with van der Waals surface area (Å²) < 4.78 is 0. The first kappa shape index (κ1) is 16.5. The highest BCUT2D eigenvalue weighted by Crippen LogP contribution is 2.40. The van der Waals surface area contributed by atoms with Gasteiger partial charge in [-0.25, -0.2) is 0 Å². The Kier molecular flexibility index (Phi) is 3.42. The number of carbonyl (C=O) groups excluding carboxylic acids is 2. The van der Waals surface area contributed by atoms with Crippen LogP contribution in [0.4, 0.5) is 0 Å². The Morgan fingerprint density at radius 1 is 0.759 bits per heavy atom. The van der Waals surface area contributed by atoms with Gasteiger partial charge < -0.3 is 4.90 Å². The first-order valence-corrected chi connectivity index (χ1v) is 10.0. The molecule has 3 nitrogen and oxygen atoms in total. The number of Topliss-reactive ketones (excluding diaryl/α,β-unsaturated/α-hetero) is 2. The Balaban J connectivity index is 1.18. The maximum absolute atomic E-state index is 12.6. The Morgan fingerprint density at radius 3 is 2.21 bits per heavy atom. The van der Waals surface area contributed by atoms with Crippen LogP contribution in [-0.4, -0.2) is 29.6 Å². The largest absolute Gasteiger partial charge is 0.366 e. The van der Waals surface area contributed by atoms with E-state index in [2.05, 4.69) is 35.2 Å². The molecule has 1 heterocycles. The molecular weight excluding hydrogens is 358 g/mol. The molecule has 3 aliphatic carbocycles. The summed E-state index contributed by atoms with van der Waals surface area (Å²) >= 11 is 0. The van der Waals surface area contributed by atoms with Crippen LogP contribution in [0.3, 0.4) is 0 Å². The molecule has 0 aromatic heterocycles. The normalized spacial score (nSPS) is 19.4. The lowest BCUT2D eigenvalue weighted by atomic mass is 10.0. The van der Waals surface area contributed by atoms with Crippen molar-refractivity contribution >= 4 is 17.1 Å². The first-order valence-electron chi connectivity index (χ1n) is 10.0. The summed E-state index contributed by atoms with van der Waals surface area (Å²) in [7, 11) is 0. The molecule has 0 radical (unpaired) electrons. The average Bonchev–Trinajstić information content (AvgIpc) is 3.48. The molecule has 0 amide bonds. The second kappa shape index (κ2) is 6.02.